The Morgan fingerprint density at radius 1 is 1.11 bits per heavy atom. The van der Waals surface area contributed by atoms with Crippen LogP contribution in [0.2, 0.25) is 0 Å². The van der Waals surface area contributed by atoms with Gasteiger partial charge in [-0.3, -0.25) is 4.79 Å². The van der Waals surface area contributed by atoms with Crippen molar-refractivity contribution in [3.05, 3.63) is 63.6 Å². The number of rotatable bonds is 2. The number of hydrogen-bond acceptors (Lipinski definition) is 2. The molecule has 92 valence electrons. The summed E-state index contributed by atoms with van der Waals surface area (Å²) in [5.41, 5.74) is 10.4. The molecule has 3 nitrogen and oxygen atoms in total. The third-order valence-corrected chi connectivity index (χ3v) is 3.52. The normalized spacial score (nSPS) is 13.6. The molecule has 0 spiro atoms. The first-order valence-corrected chi connectivity index (χ1v) is 6.29. The third-order valence-electron chi connectivity index (χ3n) is 3.52. The van der Waals surface area contributed by atoms with Crippen LogP contribution in [0.25, 0.3) is 0 Å². The Hall–Kier alpha value is -2.03. The van der Waals surface area contributed by atoms with Gasteiger partial charge in [-0.2, -0.15) is 0 Å². The van der Waals surface area contributed by atoms with Crippen LogP contribution in [-0.2, 0) is 19.4 Å². The minimum atomic E-state index is -0.00954. The maximum atomic E-state index is 11.7. The topological polar surface area (TPSA) is 48.0 Å². The van der Waals surface area contributed by atoms with Crippen molar-refractivity contribution in [2.45, 2.75) is 25.8 Å². The molecule has 1 aromatic heterocycles. The lowest BCUT2D eigenvalue weighted by Gasteiger charge is -2.08. The van der Waals surface area contributed by atoms with Crippen molar-refractivity contribution in [1.29, 1.82) is 0 Å². The molecule has 1 aliphatic rings. The standard InChI is InChI=1S/C15H16N2O/c16-14-6-7-15(18)17(10-14)9-11-4-5-12-2-1-3-13(12)8-11/h4-8,10H,1-3,9,16H2. The summed E-state index contributed by atoms with van der Waals surface area (Å²) in [6, 6.07) is 9.68. The molecule has 1 aromatic carbocycles. The Labute approximate surface area is 106 Å². The molecule has 3 heteroatoms. The molecule has 0 fully saturated rings. The van der Waals surface area contributed by atoms with Crippen molar-refractivity contribution >= 4 is 5.69 Å². The molecule has 18 heavy (non-hydrogen) atoms. The number of nitrogen functional groups attached to an aromatic ring is 1. The average Bonchev–Trinajstić information content (AvgIpc) is 2.81. The van der Waals surface area contributed by atoms with E-state index in [1.807, 2.05) is 0 Å². The summed E-state index contributed by atoms with van der Waals surface area (Å²) in [6.07, 6.45) is 5.30. The van der Waals surface area contributed by atoms with Crippen LogP contribution in [0.5, 0.6) is 0 Å². The van der Waals surface area contributed by atoms with Gasteiger partial charge in [0.1, 0.15) is 0 Å². The molecule has 0 unspecified atom stereocenters. The number of aryl methyl sites for hydroxylation is 2. The van der Waals surface area contributed by atoms with Crippen LogP contribution in [0, 0.1) is 0 Å². The largest absolute Gasteiger partial charge is 0.398 e. The van der Waals surface area contributed by atoms with Crippen LogP contribution < -0.4 is 11.3 Å². The molecule has 0 amide bonds. The number of hydrogen-bond donors (Lipinski definition) is 1. The van der Waals surface area contributed by atoms with Crippen molar-refractivity contribution in [2.24, 2.45) is 0 Å². The molecule has 2 aromatic rings. The van der Waals surface area contributed by atoms with Gasteiger partial charge in [0.2, 0.25) is 0 Å². The Morgan fingerprint density at radius 3 is 2.83 bits per heavy atom. The molecule has 2 N–H and O–H groups in total. The first kappa shape index (κ1) is 11.1. The Kier molecular flexibility index (Phi) is 2.67. The van der Waals surface area contributed by atoms with Gasteiger partial charge in [0.15, 0.2) is 0 Å². The third kappa shape index (κ3) is 2.04. The van der Waals surface area contributed by atoms with Gasteiger partial charge in [-0.1, -0.05) is 18.2 Å². The first-order valence-electron chi connectivity index (χ1n) is 6.29. The average molecular weight is 240 g/mol. The molecular weight excluding hydrogens is 224 g/mol. The SMILES string of the molecule is Nc1ccc(=O)n(Cc2ccc3c(c2)CCC3)c1. The van der Waals surface area contributed by atoms with Gasteiger partial charge >= 0.3 is 0 Å². The lowest BCUT2D eigenvalue weighted by atomic mass is 10.1. The van der Waals surface area contributed by atoms with Gasteiger partial charge in [0.25, 0.3) is 5.56 Å². The van der Waals surface area contributed by atoms with Crippen LogP contribution >= 0.6 is 0 Å². The summed E-state index contributed by atoms with van der Waals surface area (Å²) in [5.74, 6) is 0. The monoisotopic (exact) mass is 240 g/mol. The minimum Gasteiger partial charge on any atom is -0.398 e. The number of nitrogens with zero attached hydrogens (tertiary/aromatic N) is 1. The molecule has 1 heterocycles. The fourth-order valence-corrected chi connectivity index (χ4v) is 2.59. The maximum Gasteiger partial charge on any atom is 0.250 e. The van der Waals surface area contributed by atoms with E-state index in [4.69, 9.17) is 5.73 Å². The summed E-state index contributed by atoms with van der Waals surface area (Å²) in [7, 11) is 0. The van der Waals surface area contributed by atoms with E-state index in [9.17, 15) is 4.79 Å². The molecule has 0 bridgehead atoms. The van der Waals surface area contributed by atoms with Gasteiger partial charge in [-0.05, 0) is 42.0 Å². The highest BCUT2D eigenvalue weighted by atomic mass is 16.1. The number of fused-ring (bicyclic) bond motifs is 1. The maximum absolute atomic E-state index is 11.7. The lowest BCUT2D eigenvalue weighted by molar-refractivity contribution is 0.760. The van der Waals surface area contributed by atoms with E-state index in [1.54, 1.807) is 16.8 Å². The Morgan fingerprint density at radius 2 is 1.94 bits per heavy atom. The van der Waals surface area contributed by atoms with E-state index < -0.39 is 0 Å². The molecular formula is C15H16N2O. The van der Waals surface area contributed by atoms with Crippen LogP contribution in [0.3, 0.4) is 0 Å². The fourth-order valence-electron chi connectivity index (χ4n) is 2.59. The Bertz CT molecular complexity index is 643. The predicted octanol–water partition coefficient (Wildman–Crippen LogP) is 1.97. The second kappa shape index (κ2) is 4.33. The smallest absolute Gasteiger partial charge is 0.250 e. The van der Waals surface area contributed by atoms with E-state index in [2.05, 4.69) is 18.2 Å². The van der Waals surface area contributed by atoms with Gasteiger partial charge < -0.3 is 10.3 Å². The van der Waals surface area contributed by atoms with E-state index in [0.29, 0.717) is 12.2 Å². The van der Waals surface area contributed by atoms with E-state index in [-0.39, 0.29) is 5.56 Å². The minimum absolute atomic E-state index is 0.00954. The first-order chi connectivity index (χ1) is 8.72. The van der Waals surface area contributed by atoms with Crippen molar-refractivity contribution in [1.82, 2.24) is 4.57 Å². The fraction of sp³-hybridized carbons (Fsp3) is 0.267. The van der Waals surface area contributed by atoms with Crippen LogP contribution in [0.4, 0.5) is 5.69 Å². The molecule has 0 aliphatic heterocycles. The quantitative estimate of drug-likeness (QED) is 0.872. The highest BCUT2D eigenvalue weighted by molar-refractivity contribution is 5.36. The number of benzene rings is 1. The van der Waals surface area contributed by atoms with Crippen LogP contribution in [0.15, 0.2) is 41.3 Å². The number of anilines is 1. The zero-order chi connectivity index (χ0) is 12.5. The van der Waals surface area contributed by atoms with Crippen LogP contribution in [0.1, 0.15) is 23.1 Å². The highest BCUT2D eigenvalue weighted by Gasteiger charge is 2.10. The predicted molar refractivity (Wildman–Crippen MR) is 72.7 cm³/mol. The van der Waals surface area contributed by atoms with Gasteiger partial charge in [-0.25, -0.2) is 0 Å². The van der Waals surface area contributed by atoms with E-state index in [1.165, 1.54) is 35.6 Å². The summed E-state index contributed by atoms with van der Waals surface area (Å²) in [4.78, 5) is 11.7. The second-order valence-corrected chi connectivity index (χ2v) is 4.89. The van der Waals surface area contributed by atoms with Crippen molar-refractivity contribution in [2.75, 3.05) is 5.73 Å². The zero-order valence-corrected chi connectivity index (χ0v) is 10.2. The van der Waals surface area contributed by atoms with E-state index in [0.717, 1.165) is 6.42 Å². The summed E-state index contributed by atoms with van der Waals surface area (Å²) in [6.45, 7) is 0.594. The van der Waals surface area contributed by atoms with Crippen LogP contribution in [-0.4, -0.2) is 4.57 Å². The second-order valence-electron chi connectivity index (χ2n) is 4.89. The number of pyridine rings is 1. The molecule has 0 radical (unpaired) electrons. The molecule has 0 atom stereocenters. The van der Waals surface area contributed by atoms with Crippen molar-refractivity contribution in [3.63, 3.8) is 0 Å². The highest BCUT2D eigenvalue weighted by Crippen LogP contribution is 2.23. The number of aromatic nitrogens is 1. The lowest BCUT2D eigenvalue weighted by Crippen LogP contribution is -2.19. The zero-order valence-electron chi connectivity index (χ0n) is 10.2. The molecule has 0 saturated carbocycles. The number of nitrogens with two attached hydrogens (primary N) is 1. The van der Waals surface area contributed by atoms with E-state index >= 15 is 0 Å². The summed E-state index contributed by atoms with van der Waals surface area (Å²) >= 11 is 0. The van der Waals surface area contributed by atoms with Crippen molar-refractivity contribution in [3.8, 4) is 0 Å². The Balaban J connectivity index is 1.93. The molecule has 3 rings (SSSR count). The van der Waals surface area contributed by atoms with Gasteiger partial charge in [-0.15, -0.1) is 0 Å². The molecule has 0 saturated heterocycles. The van der Waals surface area contributed by atoms with Gasteiger partial charge in [0.05, 0.1) is 6.54 Å². The van der Waals surface area contributed by atoms with Crippen molar-refractivity contribution < 1.29 is 0 Å². The molecule has 1 aliphatic carbocycles. The summed E-state index contributed by atoms with van der Waals surface area (Å²) in [5, 5.41) is 0. The van der Waals surface area contributed by atoms with Gasteiger partial charge in [0, 0.05) is 18.0 Å². The summed E-state index contributed by atoms with van der Waals surface area (Å²) < 4.78 is 1.66.